The van der Waals surface area contributed by atoms with Gasteiger partial charge in [0.25, 0.3) is 0 Å². The van der Waals surface area contributed by atoms with Gasteiger partial charge in [0, 0.05) is 41.3 Å². The molecule has 2 aromatic carbocycles. The van der Waals surface area contributed by atoms with Crippen LogP contribution < -0.4 is 16.0 Å². The average molecular weight is 301 g/mol. The predicted molar refractivity (Wildman–Crippen MR) is 90.8 cm³/mol. The Bertz CT molecular complexity index is 682. The van der Waals surface area contributed by atoms with Crippen LogP contribution in [-0.4, -0.2) is 26.4 Å². The van der Waals surface area contributed by atoms with Crippen molar-refractivity contribution in [2.24, 2.45) is 4.99 Å². The molecule has 0 atom stereocenters. The Morgan fingerprint density at radius 3 is 2.90 bits per heavy atom. The molecule has 0 amide bonds. The van der Waals surface area contributed by atoms with E-state index in [0.717, 1.165) is 41.4 Å². The number of rotatable bonds is 4. The van der Waals surface area contributed by atoms with Gasteiger partial charge in [-0.05, 0) is 37.4 Å². The van der Waals surface area contributed by atoms with Gasteiger partial charge < -0.3 is 16.0 Å². The summed E-state index contributed by atoms with van der Waals surface area (Å²) in [5.74, 6) is 0. The molecule has 0 fully saturated rings. The normalized spacial score (nSPS) is 12.1. The molecule has 2 aromatic rings. The van der Waals surface area contributed by atoms with Gasteiger partial charge in [-0.15, -0.1) is 0 Å². The first kappa shape index (κ1) is 13.9. The number of halogens is 1. The molecule has 0 spiro atoms. The van der Waals surface area contributed by atoms with Crippen LogP contribution in [-0.2, 0) is 0 Å². The molecule has 4 nitrogen and oxygen atoms in total. The lowest BCUT2D eigenvalue weighted by Crippen LogP contribution is -2.18. The van der Waals surface area contributed by atoms with Crippen molar-refractivity contribution in [2.45, 2.75) is 0 Å². The quantitative estimate of drug-likeness (QED) is 0.643. The van der Waals surface area contributed by atoms with Crippen LogP contribution in [0, 0.1) is 0 Å². The van der Waals surface area contributed by atoms with Crippen molar-refractivity contribution in [2.75, 3.05) is 30.8 Å². The molecule has 1 heterocycles. The number of anilines is 3. The van der Waals surface area contributed by atoms with E-state index >= 15 is 0 Å². The van der Waals surface area contributed by atoms with Crippen LogP contribution >= 0.6 is 11.6 Å². The van der Waals surface area contributed by atoms with Crippen molar-refractivity contribution in [1.82, 2.24) is 5.32 Å². The third kappa shape index (κ3) is 3.01. The van der Waals surface area contributed by atoms with Crippen molar-refractivity contribution in [1.29, 1.82) is 0 Å². The second-order valence-corrected chi connectivity index (χ2v) is 5.28. The molecule has 5 heteroatoms. The number of benzene rings is 2. The average Bonchev–Trinajstić information content (AvgIpc) is 2.67. The largest absolute Gasteiger partial charge is 0.383 e. The van der Waals surface area contributed by atoms with Crippen LogP contribution in [0.5, 0.6) is 0 Å². The maximum absolute atomic E-state index is 6.04. The Hall–Kier alpha value is -2.04. The zero-order chi connectivity index (χ0) is 14.7. The van der Waals surface area contributed by atoms with Gasteiger partial charge in [-0.3, -0.25) is 4.99 Å². The zero-order valence-electron chi connectivity index (χ0n) is 11.8. The Morgan fingerprint density at radius 1 is 1.14 bits per heavy atom. The summed E-state index contributed by atoms with van der Waals surface area (Å²) in [5.41, 5.74) is 4.97. The highest BCUT2D eigenvalue weighted by atomic mass is 35.5. The highest BCUT2D eigenvalue weighted by Gasteiger charge is 2.12. The lowest BCUT2D eigenvalue weighted by atomic mass is 10.1. The van der Waals surface area contributed by atoms with Gasteiger partial charge in [-0.1, -0.05) is 17.7 Å². The van der Waals surface area contributed by atoms with Gasteiger partial charge in [0.15, 0.2) is 0 Å². The van der Waals surface area contributed by atoms with E-state index in [1.807, 2.05) is 43.6 Å². The van der Waals surface area contributed by atoms with Crippen molar-refractivity contribution >= 4 is 40.6 Å². The molecule has 0 bridgehead atoms. The van der Waals surface area contributed by atoms with E-state index < -0.39 is 0 Å². The summed E-state index contributed by atoms with van der Waals surface area (Å²) in [6.45, 7) is 1.77. The molecule has 0 aromatic heterocycles. The SMILES string of the molecule is CNCCNc1cccc2c1C=Nc1cc(Cl)ccc1N2. The molecule has 3 rings (SSSR count). The second kappa shape index (κ2) is 6.16. The van der Waals surface area contributed by atoms with E-state index in [4.69, 9.17) is 11.6 Å². The van der Waals surface area contributed by atoms with Crippen molar-refractivity contribution in [3.8, 4) is 0 Å². The minimum Gasteiger partial charge on any atom is -0.383 e. The van der Waals surface area contributed by atoms with Crippen LogP contribution in [0.15, 0.2) is 41.4 Å². The van der Waals surface area contributed by atoms with E-state index in [0.29, 0.717) is 5.02 Å². The number of hydrogen-bond donors (Lipinski definition) is 3. The van der Waals surface area contributed by atoms with Crippen LogP contribution in [0.3, 0.4) is 0 Å². The van der Waals surface area contributed by atoms with E-state index in [-0.39, 0.29) is 0 Å². The number of hydrogen-bond acceptors (Lipinski definition) is 4. The van der Waals surface area contributed by atoms with E-state index in [2.05, 4.69) is 27.0 Å². The minimum absolute atomic E-state index is 0.686. The molecule has 0 saturated heterocycles. The fourth-order valence-electron chi connectivity index (χ4n) is 2.29. The topological polar surface area (TPSA) is 48.5 Å². The van der Waals surface area contributed by atoms with Crippen molar-refractivity contribution < 1.29 is 0 Å². The third-order valence-corrected chi connectivity index (χ3v) is 3.59. The Balaban J connectivity index is 1.95. The molecule has 3 N–H and O–H groups in total. The fourth-order valence-corrected chi connectivity index (χ4v) is 2.45. The van der Waals surface area contributed by atoms with E-state index in [9.17, 15) is 0 Å². The zero-order valence-corrected chi connectivity index (χ0v) is 12.5. The summed E-state index contributed by atoms with van der Waals surface area (Å²) in [6, 6.07) is 11.8. The smallest absolute Gasteiger partial charge is 0.0879 e. The lowest BCUT2D eigenvalue weighted by molar-refractivity contribution is 0.824. The molecule has 0 unspecified atom stereocenters. The molecular weight excluding hydrogens is 284 g/mol. The Labute approximate surface area is 129 Å². The summed E-state index contributed by atoms with van der Waals surface area (Å²) in [7, 11) is 1.94. The molecule has 1 aliphatic rings. The van der Waals surface area contributed by atoms with Crippen molar-refractivity contribution in [3.05, 3.63) is 47.0 Å². The Kier molecular flexibility index (Phi) is 4.08. The van der Waals surface area contributed by atoms with Crippen molar-refractivity contribution in [3.63, 3.8) is 0 Å². The van der Waals surface area contributed by atoms with Crippen LogP contribution in [0.4, 0.5) is 22.7 Å². The van der Waals surface area contributed by atoms with Gasteiger partial charge in [0.2, 0.25) is 0 Å². The summed E-state index contributed by atoms with van der Waals surface area (Å²) in [5, 5.41) is 10.7. The molecule has 108 valence electrons. The maximum Gasteiger partial charge on any atom is 0.0879 e. The number of likely N-dealkylation sites (N-methyl/N-ethyl adjacent to an activating group) is 1. The van der Waals surface area contributed by atoms with Crippen LogP contribution in [0.2, 0.25) is 5.02 Å². The first-order chi connectivity index (χ1) is 10.3. The first-order valence-electron chi connectivity index (χ1n) is 6.90. The lowest BCUT2D eigenvalue weighted by Gasteiger charge is -2.13. The standard InChI is InChI=1S/C16H17ClN4/c1-18-7-8-19-13-3-2-4-14-12(13)10-20-16-9-11(17)5-6-15(16)21-14/h2-6,9-10,18-19,21H,7-8H2,1H3. The van der Waals surface area contributed by atoms with Crippen LogP contribution in [0.1, 0.15) is 5.56 Å². The predicted octanol–water partition coefficient (Wildman–Crippen LogP) is 3.78. The Morgan fingerprint density at radius 2 is 2.05 bits per heavy atom. The van der Waals surface area contributed by atoms with E-state index in [1.165, 1.54) is 0 Å². The van der Waals surface area contributed by atoms with Crippen LogP contribution in [0.25, 0.3) is 0 Å². The molecule has 0 radical (unpaired) electrons. The molecule has 0 aliphatic carbocycles. The maximum atomic E-state index is 6.04. The molecule has 1 aliphatic heterocycles. The number of aliphatic imine (C=N–C) groups is 1. The molecule has 21 heavy (non-hydrogen) atoms. The van der Waals surface area contributed by atoms with Gasteiger partial charge in [0.1, 0.15) is 0 Å². The summed E-state index contributed by atoms with van der Waals surface area (Å²) < 4.78 is 0. The monoisotopic (exact) mass is 300 g/mol. The fraction of sp³-hybridized carbons (Fsp3) is 0.188. The summed E-state index contributed by atoms with van der Waals surface area (Å²) >= 11 is 6.04. The van der Waals surface area contributed by atoms with E-state index in [1.54, 1.807) is 0 Å². The highest BCUT2D eigenvalue weighted by molar-refractivity contribution is 6.31. The first-order valence-corrected chi connectivity index (χ1v) is 7.28. The summed E-state index contributed by atoms with van der Waals surface area (Å²) in [4.78, 5) is 4.55. The third-order valence-electron chi connectivity index (χ3n) is 3.36. The van der Waals surface area contributed by atoms with Gasteiger partial charge in [0.05, 0.1) is 11.4 Å². The minimum atomic E-state index is 0.686. The second-order valence-electron chi connectivity index (χ2n) is 4.84. The highest BCUT2D eigenvalue weighted by Crippen LogP contribution is 2.36. The van der Waals surface area contributed by atoms with Gasteiger partial charge >= 0.3 is 0 Å². The van der Waals surface area contributed by atoms with Gasteiger partial charge in [-0.2, -0.15) is 0 Å². The molecular formula is C16H17ClN4. The van der Waals surface area contributed by atoms with Gasteiger partial charge in [-0.25, -0.2) is 0 Å². The number of fused-ring (bicyclic) bond motifs is 2. The summed E-state index contributed by atoms with van der Waals surface area (Å²) in [6.07, 6.45) is 1.88. The number of nitrogens with one attached hydrogen (secondary N) is 3. The number of nitrogens with zero attached hydrogens (tertiary/aromatic N) is 1. The molecule has 0 saturated carbocycles.